The van der Waals surface area contributed by atoms with Gasteiger partial charge in [0, 0.05) is 26.2 Å². The standard InChI is InChI=1S/C14H27N3O2/c1-11(2)7-16(8-12(3)4)10-14(19)17-6-5-15-13(18)9-17/h11-12H,5-10H2,1-4H3,(H,15,18). The first-order chi connectivity index (χ1) is 8.88. The van der Waals surface area contributed by atoms with Crippen molar-refractivity contribution in [1.82, 2.24) is 15.1 Å². The number of carbonyl (C=O) groups excluding carboxylic acids is 2. The van der Waals surface area contributed by atoms with Crippen LogP contribution in [0.1, 0.15) is 27.7 Å². The molecule has 0 spiro atoms. The van der Waals surface area contributed by atoms with Gasteiger partial charge >= 0.3 is 0 Å². The van der Waals surface area contributed by atoms with E-state index in [1.54, 1.807) is 4.90 Å². The van der Waals surface area contributed by atoms with Gasteiger partial charge in [0.05, 0.1) is 13.1 Å². The summed E-state index contributed by atoms with van der Waals surface area (Å²) in [6, 6.07) is 0. The first-order valence-corrected chi connectivity index (χ1v) is 7.15. The molecule has 5 heteroatoms. The Bertz CT molecular complexity index is 306. The van der Waals surface area contributed by atoms with Gasteiger partial charge in [0.2, 0.25) is 11.8 Å². The molecule has 2 amide bonds. The van der Waals surface area contributed by atoms with Crippen LogP contribution in [-0.2, 0) is 9.59 Å². The fourth-order valence-corrected chi connectivity index (χ4v) is 2.38. The zero-order valence-electron chi connectivity index (χ0n) is 12.6. The van der Waals surface area contributed by atoms with E-state index in [1.807, 2.05) is 0 Å². The van der Waals surface area contributed by atoms with Gasteiger partial charge in [-0.05, 0) is 11.8 Å². The number of nitrogens with zero attached hydrogens (tertiary/aromatic N) is 2. The number of hydrogen-bond donors (Lipinski definition) is 1. The molecule has 19 heavy (non-hydrogen) atoms. The van der Waals surface area contributed by atoms with E-state index in [0.29, 0.717) is 31.5 Å². The van der Waals surface area contributed by atoms with E-state index in [9.17, 15) is 9.59 Å². The van der Waals surface area contributed by atoms with Crippen molar-refractivity contribution in [1.29, 1.82) is 0 Å². The van der Waals surface area contributed by atoms with Crippen LogP contribution in [0, 0.1) is 11.8 Å². The molecule has 1 aliphatic heterocycles. The van der Waals surface area contributed by atoms with Gasteiger partial charge in [0.25, 0.3) is 0 Å². The maximum Gasteiger partial charge on any atom is 0.239 e. The number of hydrogen-bond acceptors (Lipinski definition) is 3. The van der Waals surface area contributed by atoms with Crippen molar-refractivity contribution in [2.45, 2.75) is 27.7 Å². The van der Waals surface area contributed by atoms with Gasteiger partial charge in [-0.3, -0.25) is 14.5 Å². The third kappa shape index (κ3) is 6.05. The molecule has 1 N–H and O–H groups in total. The van der Waals surface area contributed by atoms with Crippen LogP contribution in [0.2, 0.25) is 0 Å². The summed E-state index contributed by atoms with van der Waals surface area (Å²) in [4.78, 5) is 27.4. The molecule has 0 aromatic heterocycles. The molecule has 5 nitrogen and oxygen atoms in total. The predicted molar refractivity (Wildman–Crippen MR) is 75.7 cm³/mol. The monoisotopic (exact) mass is 269 g/mol. The molecule has 1 heterocycles. The number of amides is 2. The van der Waals surface area contributed by atoms with Crippen LogP contribution in [0.5, 0.6) is 0 Å². The summed E-state index contributed by atoms with van der Waals surface area (Å²) in [6.45, 7) is 12.3. The number of rotatable bonds is 6. The molecule has 0 saturated carbocycles. The Labute approximate surface area is 116 Å². The van der Waals surface area contributed by atoms with Crippen LogP contribution < -0.4 is 5.32 Å². The topological polar surface area (TPSA) is 52.7 Å². The van der Waals surface area contributed by atoms with Crippen molar-refractivity contribution in [2.24, 2.45) is 11.8 Å². The van der Waals surface area contributed by atoms with E-state index in [4.69, 9.17) is 0 Å². The fraction of sp³-hybridized carbons (Fsp3) is 0.857. The van der Waals surface area contributed by atoms with Crippen LogP contribution in [-0.4, -0.2) is 60.9 Å². The second kappa shape index (κ2) is 7.48. The highest BCUT2D eigenvalue weighted by Crippen LogP contribution is 2.05. The van der Waals surface area contributed by atoms with Crippen molar-refractivity contribution in [3.63, 3.8) is 0 Å². The summed E-state index contributed by atoms with van der Waals surface area (Å²) in [7, 11) is 0. The van der Waals surface area contributed by atoms with E-state index in [1.165, 1.54) is 0 Å². The highest BCUT2D eigenvalue weighted by atomic mass is 16.2. The highest BCUT2D eigenvalue weighted by Gasteiger charge is 2.23. The van der Waals surface area contributed by atoms with E-state index >= 15 is 0 Å². The lowest BCUT2D eigenvalue weighted by Gasteiger charge is -2.31. The van der Waals surface area contributed by atoms with E-state index in [-0.39, 0.29) is 18.4 Å². The van der Waals surface area contributed by atoms with Crippen LogP contribution in [0.15, 0.2) is 0 Å². The Morgan fingerprint density at radius 2 is 1.84 bits per heavy atom. The molecule has 1 aliphatic rings. The minimum absolute atomic E-state index is 0.0566. The lowest BCUT2D eigenvalue weighted by atomic mass is 10.1. The molecular weight excluding hydrogens is 242 g/mol. The van der Waals surface area contributed by atoms with Crippen molar-refractivity contribution in [3.8, 4) is 0 Å². The molecule has 1 rings (SSSR count). The Morgan fingerprint density at radius 3 is 2.32 bits per heavy atom. The van der Waals surface area contributed by atoms with Crippen molar-refractivity contribution in [3.05, 3.63) is 0 Å². The second-order valence-corrected chi connectivity index (χ2v) is 6.15. The highest BCUT2D eigenvalue weighted by molar-refractivity contribution is 5.86. The Morgan fingerprint density at radius 1 is 1.26 bits per heavy atom. The maximum absolute atomic E-state index is 12.2. The van der Waals surface area contributed by atoms with Gasteiger partial charge < -0.3 is 10.2 Å². The van der Waals surface area contributed by atoms with Gasteiger partial charge in [-0.15, -0.1) is 0 Å². The summed E-state index contributed by atoms with van der Waals surface area (Å²) in [5.74, 6) is 1.09. The summed E-state index contributed by atoms with van der Waals surface area (Å²) in [5.41, 5.74) is 0. The zero-order chi connectivity index (χ0) is 14.4. The molecule has 0 aromatic carbocycles. The minimum atomic E-state index is -0.0566. The molecule has 0 aliphatic carbocycles. The second-order valence-electron chi connectivity index (χ2n) is 6.15. The third-order valence-corrected chi connectivity index (χ3v) is 3.00. The molecule has 1 fully saturated rings. The summed E-state index contributed by atoms with van der Waals surface area (Å²) < 4.78 is 0. The summed E-state index contributed by atoms with van der Waals surface area (Å²) in [5, 5.41) is 2.74. The average molecular weight is 269 g/mol. The summed E-state index contributed by atoms with van der Waals surface area (Å²) >= 11 is 0. The SMILES string of the molecule is CC(C)CN(CC(=O)N1CCNC(=O)C1)CC(C)C. The fourth-order valence-electron chi connectivity index (χ4n) is 2.38. The van der Waals surface area contributed by atoms with Gasteiger partial charge in [-0.1, -0.05) is 27.7 Å². The molecule has 0 radical (unpaired) electrons. The Kier molecular flexibility index (Phi) is 6.28. The smallest absolute Gasteiger partial charge is 0.239 e. The Hall–Kier alpha value is -1.10. The van der Waals surface area contributed by atoms with Gasteiger partial charge in [0.15, 0.2) is 0 Å². The van der Waals surface area contributed by atoms with E-state index in [2.05, 4.69) is 37.9 Å². The van der Waals surface area contributed by atoms with Crippen molar-refractivity contribution in [2.75, 3.05) is 39.3 Å². The normalized spacial score (nSPS) is 16.4. The van der Waals surface area contributed by atoms with Gasteiger partial charge in [-0.2, -0.15) is 0 Å². The first-order valence-electron chi connectivity index (χ1n) is 7.15. The van der Waals surface area contributed by atoms with Gasteiger partial charge in [-0.25, -0.2) is 0 Å². The molecule has 1 saturated heterocycles. The molecule has 110 valence electrons. The van der Waals surface area contributed by atoms with Gasteiger partial charge in [0.1, 0.15) is 0 Å². The number of carbonyl (C=O) groups is 2. The quantitative estimate of drug-likeness (QED) is 0.766. The van der Waals surface area contributed by atoms with Crippen LogP contribution in [0.3, 0.4) is 0 Å². The Balaban J connectivity index is 2.51. The maximum atomic E-state index is 12.2. The molecule has 0 unspecified atom stereocenters. The molecule has 0 atom stereocenters. The average Bonchev–Trinajstić information content (AvgIpc) is 2.26. The first kappa shape index (κ1) is 16.0. The van der Waals surface area contributed by atoms with E-state index < -0.39 is 0 Å². The molecule has 0 aromatic rings. The van der Waals surface area contributed by atoms with E-state index in [0.717, 1.165) is 13.1 Å². The predicted octanol–water partition coefficient (Wildman–Crippen LogP) is 0.559. The van der Waals surface area contributed by atoms with Crippen LogP contribution >= 0.6 is 0 Å². The lowest BCUT2D eigenvalue weighted by Crippen LogP contribution is -2.52. The lowest BCUT2D eigenvalue weighted by molar-refractivity contribution is -0.139. The van der Waals surface area contributed by atoms with Crippen LogP contribution in [0.4, 0.5) is 0 Å². The molecular formula is C14H27N3O2. The minimum Gasteiger partial charge on any atom is -0.353 e. The molecule has 0 bridgehead atoms. The number of piperazine rings is 1. The number of nitrogens with one attached hydrogen (secondary N) is 1. The third-order valence-electron chi connectivity index (χ3n) is 3.00. The van der Waals surface area contributed by atoms with Crippen LogP contribution in [0.25, 0.3) is 0 Å². The summed E-state index contributed by atoms with van der Waals surface area (Å²) in [6.07, 6.45) is 0. The largest absolute Gasteiger partial charge is 0.353 e. The van der Waals surface area contributed by atoms with Crippen molar-refractivity contribution >= 4 is 11.8 Å². The van der Waals surface area contributed by atoms with Crippen molar-refractivity contribution < 1.29 is 9.59 Å². The zero-order valence-corrected chi connectivity index (χ0v) is 12.6.